The lowest BCUT2D eigenvalue weighted by molar-refractivity contribution is 0.102. The van der Waals surface area contributed by atoms with Crippen LogP contribution in [0.5, 0.6) is 0 Å². The first-order chi connectivity index (χ1) is 13.7. The molecule has 2 aliphatic rings. The molecule has 29 heavy (non-hydrogen) atoms. The fraction of sp³-hybridized carbons (Fsp3) is 0.316. The Balaban J connectivity index is 1.58. The number of fused-ring (bicyclic) bond motifs is 1. The molecular formula is C19H18ClF2N3O3S. The molecule has 6 nitrogen and oxygen atoms in total. The smallest absolute Gasteiger partial charge is 0.277 e. The van der Waals surface area contributed by atoms with Gasteiger partial charge < -0.3 is 5.32 Å². The van der Waals surface area contributed by atoms with Crippen molar-refractivity contribution in [2.24, 2.45) is 0 Å². The Labute approximate surface area is 171 Å². The summed E-state index contributed by atoms with van der Waals surface area (Å²) in [5, 5.41) is 2.47. The highest BCUT2D eigenvalue weighted by molar-refractivity contribution is 7.87. The van der Waals surface area contributed by atoms with Crippen LogP contribution in [0.3, 0.4) is 0 Å². The largest absolute Gasteiger partial charge is 0.322 e. The lowest BCUT2D eigenvalue weighted by Crippen LogP contribution is -2.39. The molecule has 2 aromatic carbocycles. The third-order valence-electron chi connectivity index (χ3n) is 4.95. The number of anilines is 1. The number of nitrogens with one attached hydrogen (secondary N) is 3. The number of halogens is 3. The highest BCUT2D eigenvalue weighted by Gasteiger charge is 2.34. The molecule has 10 heteroatoms. The van der Waals surface area contributed by atoms with Crippen LogP contribution < -0.4 is 14.8 Å². The van der Waals surface area contributed by atoms with E-state index < -0.39 is 33.8 Å². The van der Waals surface area contributed by atoms with Gasteiger partial charge in [-0.15, -0.1) is 0 Å². The Morgan fingerprint density at radius 2 is 1.76 bits per heavy atom. The van der Waals surface area contributed by atoms with Crippen molar-refractivity contribution < 1.29 is 22.0 Å². The first-order valence-electron chi connectivity index (χ1n) is 9.11. The normalized spacial score (nSPS) is 18.5. The van der Waals surface area contributed by atoms with Crippen LogP contribution in [0.15, 0.2) is 30.3 Å². The molecule has 0 aliphatic heterocycles. The van der Waals surface area contributed by atoms with E-state index in [0.29, 0.717) is 24.1 Å². The van der Waals surface area contributed by atoms with Gasteiger partial charge in [0.25, 0.3) is 16.1 Å². The van der Waals surface area contributed by atoms with Gasteiger partial charge in [0.05, 0.1) is 11.1 Å². The van der Waals surface area contributed by atoms with Crippen LogP contribution in [0, 0.1) is 11.6 Å². The topological polar surface area (TPSA) is 87.3 Å². The summed E-state index contributed by atoms with van der Waals surface area (Å²) in [6, 6.07) is 5.44. The van der Waals surface area contributed by atoms with E-state index in [9.17, 15) is 22.0 Å². The van der Waals surface area contributed by atoms with Crippen molar-refractivity contribution in [1.29, 1.82) is 0 Å². The van der Waals surface area contributed by atoms with Crippen molar-refractivity contribution in [3.8, 4) is 0 Å². The Kier molecular flexibility index (Phi) is 5.32. The van der Waals surface area contributed by atoms with Gasteiger partial charge in [-0.25, -0.2) is 8.78 Å². The van der Waals surface area contributed by atoms with E-state index in [1.807, 2.05) is 0 Å². The van der Waals surface area contributed by atoms with Crippen LogP contribution in [0.1, 0.15) is 46.8 Å². The van der Waals surface area contributed by atoms with Crippen molar-refractivity contribution in [3.63, 3.8) is 0 Å². The van der Waals surface area contributed by atoms with E-state index in [-0.39, 0.29) is 22.2 Å². The van der Waals surface area contributed by atoms with Crippen molar-refractivity contribution >= 4 is 33.4 Å². The van der Waals surface area contributed by atoms with Crippen LogP contribution in [0.2, 0.25) is 5.02 Å². The molecule has 0 saturated heterocycles. The fourth-order valence-electron chi connectivity index (χ4n) is 3.46. The summed E-state index contributed by atoms with van der Waals surface area (Å²) in [7, 11) is -3.77. The zero-order valence-electron chi connectivity index (χ0n) is 15.1. The maximum atomic E-state index is 14.5. The van der Waals surface area contributed by atoms with Crippen LogP contribution in [0.25, 0.3) is 0 Å². The average Bonchev–Trinajstić information content (AvgIpc) is 3.35. The minimum absolute atomic E-state index is 0.0714. The van der Waals surface area contributed by atoms with E-state index in [1.54, 1.807) is 0 Å². The standard InChI is InChI=1S/C19H18ClF2N3O3S/c20-14-9-11(3-6-15(14)21)23-19(26)13-4-7-16(22)18-12(13)5-8-17(18)25-29(27,28)24-10-1-2-10/h3-4,6-7,9-10,17,24-25H,1-2,5,8H2,(H,23,26). The molecule has 0 bridgehead atoms. The van der Waals surface area contributed by atoms with Gasteiger partial charge in [0.2, 0.25) is 0 Å². The molecule has 2 aliphatic carbocycles. The fourth-order valence-corrected chi connectivity index (χ4v) is 4.99. The predicted octanol–water partition coefficient (Wildman–Crippen LogP) is 3.44. The summed E-state index contributed by atoms with van der Waals surface area (Å²) in [5.74, 6) is -1.69. The first-order valence-corrected chi connectivity index (χ1v) is 11.0. The van der Waals surface area contributed by atoms with Crippen molar-refractivity contribution in [3.05, 3.63) is 63.7 Å². The Bertz CT molecular complexity index is 1090. The second-order valence-electron chi connectivity index (χ2n) is 7.17. The minimum Gasteiger partial charge on any atom is -0.322 e. The molecule has 1 saturated carbocycles. The van der Waals surface area contributed by atoms with E-state index >= 15 is 0 Å². The monoisotopic (exact) mass is 441 g/mol. The van der Waals surface area contributed by atoms with E-state index in [4.69, 9.17) is 11.6 Å². The summed E-state index contributed by atoms with van der Waals surface area (Å²) in [5.41, 5.74) is 1.16. The number of carbonyl (C=O) groups is 1. The molecule has 1 amide bonds. The minimum atomic E-state index is -3.77. The second-order valence-corrected chi connectivity index (χ2v) is 9.06. The van der Waals surface area contributed by atoms with Gasteiger partial charge in [0, 0.05) is 22.9 Å². The maximum Gasteiger partial charge on any atom is 0.277 e. The van der Waals surface area contributed by atoms with Crippen molar-refractivity contribution in [1.82, 2.24) is 9.44 Å². The average molecular weight is 442 g/mol. The van der Waals surface area contributed by atoms with Gasteiger partial charge in [0.1, 0.15) is 11.6 Å². The molecule has 2 aromatic rings. The van der Waals surface area contributed by atoms with Gasteiger partial charge in [-0.1, -0.05) is 11.6 Å². The summed E-state index contributed by atoms with van der Waals surface area (Å²) in [6.45, 7) is 0. The lowest BCUT2D eigenvalue weighted by Gasteiger charge is -2.16. The van der Waals surface area contributed by atoms with Gasteiger partial charge in [-0.2, -0.15) is 17.9 Å². The Morgan fingerprint density at radius 1 is 1.03 bits per heavy atom. The second kappa shape index (κ2) is 7.64. The predicted molar refractivity (Wildman–Crippen MR) is 105 cm³/mol. The molecule has 1 fully saturated rings. The third-order valence-corrected chi connectivity index (χ3v) is 6.48. The number of hydrogen-bond donors (Lipinski definition) is 3. The van der Waals surface area contributed by atoms with Crippen LogP contribution >= 0.6 is 11.6 Å². The molecule has 1 atom stereocenters. The molecule has 0 spiro atoms. The SMILES string of the molecule is O=C(Nc1ccc(F)c(Cl)c1)c1ccc(F)c2c1CCC2NS(=O)(=O)NC1CC1. The van der Waals surface area contributed by atoms with Crippen molar-refractivity contribution in [2.75, 3.05) is 5.32 Å². The molecule has 3 N–H and O–H groups in total. The summed E-state index contributed by atoms with van der Waals surface area (Å²) < 4.78 is 57.2. The van der Waals surface area contributed by atoms with Gasteiger partial charge in [-0.05, 0) is 61.6 Å². The Morgan fingerprint density at radius 3 is 2.45 bits per heavy atom. The first kappa shape index (κ1) is 20.2. The van der Waals surface area contributed by atoms with Crippen molar-refractivity contribution in [2.45, 2.75) is 37.8 Å². The highest BCUT2D eigenvalue weighted by atomic mass is 35.5. The lowest BCUT2D eigenvalue weighted by atomic mass is 10.0. The molecule has 4 rings (SSSR count). The molecule has 1 unspecified atom stereocenters. The third kappa shape index (κ3) is 4.42. The maximum absolute atomic E-state index is 14.5. The van der Waals surface area contributed by atoms with Gasteiger partial charge >= 0.3 is 0 Å². The number of rotatable bonds is 6. The molecule has 154 valence electrons. The number of carbonyl (C=O) groups excluding carboxylic acids is 1. The highest BCUT2D eigenvalue weighted by Crippen LogP contribution is 2.36. The Hall–Kier alpha value is -2.07. The molecule has 0 radical (unpaired) electrons. The summed E-state index contributed by atoms with van der Waals surface area (Å²) in [6.07, 6.45) is 2.25. The zero-order valence-corrected chi connectivity index (χ0v) is 16.7. The number of benzene rings is 2. The van der Waals surface area contributed by atoms with E-state index in [2.05, 4.69) is 14.8 Å². The zero-order chi connectivity index (χ0) is 20.8. The van der Waals surface area contributed by atoms with E-state index in [0.717, 1.165) is 25.0 Å². The number of amides is 1. The van der Waals surface area contributed by atoms with Crippen LogP contribution in [0.4, 0.5) is 14.5 Å². The van der Waals surface area contributed by atoms with Gasteiger partial charge in [0.15, 0.2) is 0 Å². The number of hydrogen-bond acceptors (Lipinski definition) is 3. The van der Waals surface area contributed by atoms with Crippen LogP contribution in [-0.2, 0) is 16.6 Å². The van der Waals surface area contributed by atoms with Crippen LogP contribution in [-0.4, -0.2) is 20.4 Å². The van der Waals surface area contributed by atoms with Gasteiger partial charge in [-0.3, -0.25) is 4.79 Å². The molecule has 0 heterocycles. The molecular weight excluding hydrogens is 424 g/mol. The molecule has 0 aromatic heterocycles. The summed E-state index contributed by atoms with van der Waals surface area (Å²) >= 11 is 5.73. The quantitative estimate of drug-likeness (QED) is 0.641. The summed E-state index contributed by atoms with van der Waals surface area (Å²) in [4.78, 5) is 12.7. The van der Waals surface area contributed by atoms with E-state index in [1.165, 1.54) is 18.2 Å².